The van der Waals surface area contributed by atoms with Crippen LogP contribution in [0.1, 0.15) is 16.8 Å². The van der Waals surface area contributed by atoms with Crippen LogP contribution in [-0.4, -0.2) is 22.4 Å². The van der Waals surface area contributed by atoms with Crippen molar-refractivity contribution in [1.29, 1.82) is 0 Å². The van der Waals surface area contributed by atoms with Gasteiger partial charge in [0.1, 0.15) is 5.57 Å². The van der Waals surface area contributed by atoms with Crippen LogP contribution in [0.4, 0.5) is 10.5 Å². The molecule has 0 bridgehead atoms. The van der Waals surface area contributed by atoms with Crippen molar-refractivity contribution in [1.82, 2.24) is 9.88 Å². The van der Waals surface area contributed by atoms with Crippen LogP contribution < -0.4 is 10.2 Å². The fourth-order valence-electron chi connectivity index (χ4n) is 4.24. The summed E-state index contributed by atoms with van der Waals surface area (Å²) in [6.45, 7) is 2.61. The molecular weight excluding hydrogens is 450 g/mol. The molecule has 6 nitrogen and oxygen atoms in total. The molecule has 5 rings (SSSR count). The molecule has 1 aliphatic heterocycles. The van der Waals surface area contributed by atoms with E-state index in [-0.39, 0.29) is 5.57 Å². The second-order valence-corrected chi connectivity index (χ2v) is 8.46. The minimum absolute atomic E-state index is 0.111. The van der Waals surface area contributed by atoms with Gasteiger partial charge in [0, 0.05) is 33.7 Å². The first kappa shape index (κ1) is 21.7. The number of benzene rings is 3. The molecule has 3 aromatic carbocycles. The summed E-state index contributed by atoms with van der Waals surface area (Å²) in [4.78, 5) is 39.5. The maximum Gasteiger partial charge on any atom is 0.335 e. The molecule has 4 amide bonds. The first-order valence-electron chi connectivity index (χ1n) is 10.7. The number of fused-ring (bicyclic) bond motifs is 1. The van der Waals surface area contributed by atoms with E-state index < -0.39 is 17.8 Å². The fraction of sp³-hybridized carbons (Fsp3) is 0.0741. The second-order valence-electron chi connectivity index (χ2n) is 8.02. The number of barbiturate groups is 1. The highest BCUT2D eigenvalue weighted by molar-refractivity contribution is 6.39. The lowest BCUT2D eigenvalue weighted by atomic mass is 10.0. The summed E-state index contributed by atoms with van der Waals surface area (Å²) in [6, 6.07) is 23.4. The number of carbonyl (C=O) groups excluding carboxylic acids is 3. The lowest BCUT2D eigenvalue weighted by molar-refractivity contribution is -0.122. The zero-order chi connectivity index (χ0) is 23.8. The summed E-state index contributed by atoms with van der Waals surface area (Å²) in [5, 5.41) is 3.67. The van der Waals surface area contributed by atoms with E-state index in [4.69, 9.17) is 11.6 Å². The van der Waals surface area contributed by atoms with Gasteiger partial charge in [0.15, 0.2) is 0 Å². The highest BCUT2D eigenvalue weighted by Crippen LogP contribution is 2.30. The van der Waals surface area contributed by atoms with E-state index in [2.05, 4.69) is 22.0 Å². The Morgan fingerprint density at radius 2 is 1.56 bits per heavy atom. The van der Waals surface area contributed by atoms with Gasteiger partial charge in [0.2, 0.25) is 0 Å². The predicted octanol–water partition coefficient (Wildman–Crippen LogP) is 5.32. The third-order valence-corrected chi connectivity index (χ3v) is 6.19. The maximum atomic E-state index is 13.3. The number of nitrogens with zero attached hydrogens (tertiary/aromatic N) is 2. The summed E-state index contributed by atoms with van der Waals surface area (Å²) in [5.41, 5.74) is 4.01. The minimum atomic E-state index is -0.794. The Bertz CT molecular complexity index is 1470. The van der Waals surface area contributed by atoms with E-state index in [9.17, 15) is 14.4 Å². The summed E-state index contributed by atoms with van der Waals surface area (Å²) < 4.78 is 2.16. The van der Waals surface area contributed by atoms with Gasteiger partial charge in [-0.15, -0.1) is 0 Å². The van der Waals surface area contributed by atoms with Gasteiger partial charge in [-0.05, 0) is 48.9 Å². The molecule has 0 atom stereocenters. The van der Waals surface area contributed by atoms with E-state index >= 15 is 0 Å². The third kappa shape index (κ3) is 3.78. The molecule has 0 radical (unpaired) electrons. The minimum Gasteiger partial charge on any atom is -0.340 e. The molecule has 1 N–H and O–H groups in total. The molecule has 7 heteroatoms. The molecule has 2 heterocycles. The van der Waals surface area contributed by atoms with Gasteiger partial charge in [0.25, 0.3) is 11.8 Å². The van der Waals surface area contributed by atoms with Crippen molar-refractivity contribution in [3.05, 3.63) is 106 Å². The number of urea groups is 1. The van der Waals surface area contributed by atoms with Crippen LogP contribution in [0, 0.1) is 6.92 Å². The van der Waals surface area contributed by atoms with Crippen LogP contribution >= 0.6 is 11.6 Å². The van der Waals surface area contributed by atoms with E-state index in [0.717, 1.165) is 32.6 Å². The van der Waals surface area contributed by atoms with Crippen LogP contribution in [0.25, 0.3) is 17.0 Å². The standard InChI is InChI=1S/C27H20ClN3O3/c1-17-22(21-9-5-6-10-24(21)30(17)16-18-7-3-2-4-8-18)15-23-25(32)29-27(34)31(26(23)33)20-13-11-19(28)12-14-20/h2-15H,16H2,1H3,(H,29,32,34)/b23-15+. The first-order valence-corrected chi connectivity index (χ1v) is 11.1. The Kier molecular flexibility index (Phi) is 5.51. The molecule has 0 spiro atoms. The largest absolute Gasteiger partial charge is 0.340 e. The average molecular weight is 470 g/mol. The lowest BCUT2D eigenvalue weighted by Gasteiger charge is -2.26. The highest BCUT2D eigenvalue weighted by Gasteiger charge is 2.37. The Morgan fingerprint density at radius 3 is 2.29 bits per heavy atom. The summed E-state index contributed by atoms with van der Waals surface area (Å²) in [5.74, 6) is -1.41. The number of para-hydroxylation sites is 1. The zero-order valence-electron chi connectivity index (χ0n) is 18.3. The first-order chi connectivity index (χ1) is 16.4. The normalized spacial score (nSPS) is 15.3. The van der Waals surface area contributed by atoms with E-state index in [1.54, 1.807) is 30.3 Å². The van der Waals surface area contributed by atoms with Crippen molar-refractivity contribution in [3.63, 3.8) is 0 Å². The van der Waals surface area contributed by atoms with E-state index in [1.807, 2.05) is 49.4 Å². The number of halogens is 1. The quantitative estimate of drug-likeness (QED) is 0.325. The number of hydrogen-bond acceptors (Lipinski definition) is 3. The molecule has 4 aromatic rings. The average Bonchev–Trinajstić information content (AvgIpc) is 3.09. The molecular formula is C27H20ClN3O3. The monoisotopic (exact) mass is 469 g/mol. The van der Waals surface area contributed by atoms with Crippen LogP contribution in [0.3, 0.4) is 0 Å². The third-order valence-electron chi connectivity index (χ3n) is 5.94. The van der Waals surface area contributed by atoms with Gasteiger partial charge >= 0.3 is 6.03 Å². The van der Waals surface area contributed by atoms with Crippen LogP contribution in [0.15, 0.2) is 84.4 Å². The zero-order valence-corrected chi connectivity index (χ0v) is 19.0. The Hall–Kier alpha value is -4.16. The van der Waals surface area contributed by atoms with Gasteiger partial charge in [-0.2, -0.15) is 0 Å². The topological polar surface area (TPSA) is 71.4 Å². The molecule has 1 fully saturated rings. The predicted molar refractivity (Wildman–Crippen MR) is 133 cm³/mol. The summed E-state index contributed by atoms with van der Waals surface area (Å²) >= 11 is 5.94. The Morgan fingerprint density at radius 1 is 0.882 bits per heavy atom. The van der Waals surface area contributed by atoms with Crippen molar-refractivity contribution < 1.29 is 14.4 Å². The number of hydrogen-bond donors (Lipinski definition) is 1. The van der Waals surface area contributed by atoms with Gasteiger partial charge in [0.05, 0.1) is 5.69 Å². The van der Waals surface area contributed by atoms with Gasteiger partial charge in [-0.25, -0.2) is 9.69 Å². The summed E-state index contributed by atoms with van der Waals surface area (Å²) in [6.07, 6.45) is 1.58. The van der Waals surface area contributed by atoms with Crippen molar-refractivity contribution in [2.45, 2.75) is 13.5 Å². The van der Waals surface area contributed by atoms with Gasteiger partial charge in [-0.3, -0.25) is 14.9 Å². The van der Waals surface area contributed by atoms with E-state index in [0.29, 0.717) is 17.3 Å². The van der Waals surface area contributed by atoms with Crippen molar-refractivity contribution in [2.75, 3.05) is 4.90 Å². The SMILES string of the molecule is Cc1c(/C=C2\C(=O)NC(=O)N(c3ccc(Cl)cc3)C2=O)c2ccccc2n1Cc1ccccc1. The number of nitrogens with one attached hydrogen (secondary N) is 1. The Labute approximate surface area is 201 Å². The molecule has 0 saturated carbocycles. The molecule has 1 aliphatic rings. The fourth-order valence-corrected chi connectivity index (χ4v) is 4.36. The van der Waals surface area contributed by atoms with E-state index in [1.165, 1.54) is 0 Å². The molecule has 0 aliphatic carbocycles. The Balaban J connectivity index is 1.61. The van der Waals surface area contributed by atoms with Crippen LogP contribution in [0.5, 0.6) is 0 Å². The maximum absolute atomic E-state index is 13.3. The number of rotatable bonds is 4. The number of imide groups is 2. The number of amides is 4. The van der Waals surface area contributed by atoms with Crippen molar-refractivity contribution >= 4 is 52.1 Å². The van der Waals surface area contributed by atoms with Crippen molar-refractivity contribution in [3.8, 4) is 0 Å². The van der Waals surface area contributed by atoms with Gasteiger partial charge < -0.3 is 4.57 Å². The molecule has 168 valence electrons. The number of aromatic nitrogens is 1. The van der Waals surface area contributed by atoms with Crippen LogP contribution in [0.2, 0.25) is 5.02 Å². The molecule has 34 heavy (non-hydrogen) atoms. The molecule has 0 unspecified atom stereocenters. The highest BCUT2D eigenvalue weighted by atomic mass is 35.5. The lowest BCUT2D eigenvalue weighted by Crippen LogP contribution is -2.54. The van der Waals surface area contributed by atoms with Gasteiger partial charge in [-0.1, -0.05) is 60.1 Å². The smallest absolute Gasteiger partial charge is 0.335 e. The van der Waals surface area contributed by atoms with Crippen molar-refractivity contribution in [2.24, 2.45) is 0 Å². The summed E-state index contributed by atoms with van der Waals surface area (Å²) in [7, 11) is 0. The number of carbonyl (C=O) groups is 3. The molecule has 1 saturated heterocycles. The second kappa shape index (κ2) is 8.65. The van der Waals surface area contributed by atoms with Crippen LogP contribution in [-0.2, 0) is 16.1 Å². The number of anilines is 1. The molecule has 1 aromatic heterocycles.